The van der Waals surface area contributed by atoms with E-state index in [0.717, 1.165) is 0 Å². The molecule has 0 bridgehead atoms. The Morgan fingerprint density at radius 2 is 2.18 bits per heavy atom. The quantitative estimate of drug-likeness (QED) is 0.634. The topological polar surface area (TPSA) is 53.8 Å². The van der Waals surface area contributed by atoms with E-state index in [2.05, 4.69) is 4.98 Å². The highest BCUT2D eigenvalue weighted by molar-refractivity contribution is 6.43. The molecule has 57 valence electrons. The van der Waals surface area contributed by atoms with Crippen molar-refractivity contribution in [3.05, 3.63) is 28.0 Å². The van der Waals surface area contributed by atoms with Gasteiger partial charge in [-0.2, -0.15) is 0 Å². The molecular formula is C6H3Cl2N2O. The molecule has 3 nitrogen and oxygen atoms in total. The highest BCUT2D eigenvalue weighted by atomic mass is 35.5. The van der Waals surface area contributed by atoms with E-state index >= 15 is 0 Å². The molecule has 0 unspecified atom stereocenters. The Labute approximate surface area is 73.1 Å². The minimum absolute atomic E-state index is 0.0363. The molecular weight excluding hydrogens is 187 g/mol. The van der Waals surface area contributed by atoms with Crippen LogP contribution in [0.3, 0.4) is 0 Å². The molecule has 0 aliphatic carbocycles. The number of hydrogen-bond donors (Lipinski definition) is 0. The van der Waals surface area contributed by atoms with E-state index in [9.17, 15) is 4.79 Å². The molecule has 1 radical (unpaired) electrons. The van der Waals surface area contributed by atoms with Gasteiger partial charge in [0.2, 0.25) is 0 Å². The zero-order valence-corrected chi connectivity index (χ0v) is 6.78. The van der Waals surface area contributed by atoms with Gasteiger partial charge < -0.3 is 0 Å². The number of carbonyl (C=O) groups is 1. The molecule has 1 N–H and O–H groups in total. The molecule has 0 atom stereocenters. The fraction of sp³-hybridized carbons (Fsp3) is 0. The van der Waals surface area contributed by atoms with Crippen LogP contribution in [0.2, 0.25) is 10.2 Å². The van der Waals surface area contributed by atoms with Crippen molar-refractivity contribution in [3.63, 3.8) is 0 Å². The molecule has 0 aromatic carbocycles. The Kier molecular flexibility index (Phi) is 2.31. The standard InChI is InChI=1S/C6H3Cl2N2O/c7-4-3(6(9)11)1-2-10-5(4)8/h1-2,9H. The van der Waals surface area contributed by atoms with Gasteiger partial charge in [0.1, 0.15) is 5.15 Å². The molecule has 1 heterocycles. The lowest BCUT2D eigenvalue weighted by Gasteiger charge is -1.97. The second kappa shape index (κ2) is 3.07. The van der Waals surface area contributed by atoms with Crippen molar-refractivity contribution in [2.75, 3.05) is 0 Å². The average molecular weight is 190 g/mol. The fourth-order valence-electron chi connectivity index (χ4n) is 0.594. The maximum absolute atomic E-state index is 10.5. The zero-order valence-electron chi connectivity index (χ0n) is 5.27. The molecule has 0 aliphatic heterocycles. The third-order valence-corrected chi connectivity index (χ3v) is 1.86. The first-order chi connectivity index (χ1) is 5.13. The number of nitrogens with zero attached hydrogens (tertiary/aromatic N) is 1. The summed E-state index contributed by atoms with van der Waals surface area (Å²) in [4.78, 5) is 14.1. The van der Waals surface area contributed by atoms with Crippen LogP contribution in [-0.4, -0.2) is 10.9 Å². The first-order valence-corrected chi connectivity index (χ1v) is 3.44. The molecule has 1 aromatic heterocycles. The summed E-state index contributed by atoms with van der Waals surface area (Å²) in [6.45, 7) is 0. The van der Waals surface area contributed by atoms with Gasteiger partial charge in [0, 0.05) is 6.20 Å². The second-order valence-electron chi connectivity index (χ2n) is 1.79. The number of aromatic nitrogens is 1. The Hall–Kier alpha value is -0.800. The van der Waals surface area contributed by atoms with Crippen LogP contribution in [0.4, 0.5) is 0 Å². The van der Waals surface area contributed by atoms with Crippen molar-refractivity contribution in [3.8, 4) is 0 Å². The average Bonchev–Trinajstić information content (AvgIpc) is 1.94. The van der Waals surface area contributed by atoms with Gasteiger partial charge >= 0.3 is 0 Å². The van der Waals surface area contributed by atoms with Crippen LogP contribution in [0, 0.1) is 0 Å². The zero-order chi connectivity index (χ0) is 8.43. The molecule has 0 fully saturated rings. The van der Waals surface area contributed by atoms with Gasteiger partial charge in [-0.15, -0.1) is 0 Å². The van der Waals surface area contributed by atoms with E-state index < -0.39 is 5.91 Å². The van der Waals surface area contributed by atoms with Crippen LogP contribution in [0.15, 0.2) is 12.3 Å². The van der Waals surface area contributed by atoms with Gasteiger partial charge in [-0.3, -0.25) is 10.5 Å². The lowest BCUT2D eigenvalue weighted by molar-refractivity contribution is 0.0992. The summed E-state index contributed by atoms with van der Waals surface area (Å²) < 4.78 is 0. The fourth-order valence-corrected chi connectivity index (χ4v) is 0.949. The van der Waals surface area contributed by atoms with E-state index in [4.69, 9.17) is 28.9 Å². The molecule has 0 aliphatic rings. The Morgan fingerprint density at radius 3 is 2.64 bits per heavy atom. The summed E-state index contributed by atoms with van der Waals surface area (Å²) in [5.41, 5.74) is 6.82. The first kappa shape index (κ1) is 8.30. The van der Waals surface area contributed by atoms with Crippen molar-refractivity contribution in [1.82, 2.24) is 10.7 Å². The van der Waals surface area contributed by atoms with Crippen molar-refractivity contribution in [1.29, 1.82) is 0 Å². The van der Waals surface area contributed by atoms with Crippen molar-refractivity contribution in [2.24, 2.45) is 0 Å². The molecule has 0 saturated carbocycles. The summed E-state index contributed by atoms with van der Waals surface area (Å²) in [6.07, 6.45) is 1.33. The van der Waals surface area contributed by atoms with Gasteiger partial charge in [0.25, 0.3) is 5.91 Å². The summed E-state index contributed by atoms with van der Waals surface area (Å²) in [7, 11) is 0. The summed E-state index contributed by atoms with van der Waals surface area (Å²) in [6, 6.07) is 1.35. The predicted molar refractivity (Wildman–Crippen MR) is 41.7 cm³/mol. The lowest BCUT2D eigenvalue weighted by Crippen LogP contribution is -2.00. The Morgan fingerprint density at radius 1 is 1.55 bits per heavy atom. The number of halogens is 2. The highest BCUT2D eigenvalue weighted by Gasteiger charge is 2.09. The van der Waals surface area contributed by atoms with Gasteiger partial charge in [0.15, 0.2) is 0 Å². The van der Waals surface area contributed by atoms with Crippen LogP contribution in [0.1, 0.15) is 10.4 Å². The first-order valence-electron chi connectivity index (χ1n) is 2.69. The highest BCUT2D eigenvalue weighted by Crippen LogP contribution is 2.22. The van der Waals surface area contributed by atoms with Crippen LogP contribution < -0.4 is 5.73 Å². The maximum Gasteiger partial charge on any atom is 0.271 e. The number of nitrogens with one attached hydrogen (secondary N) is 1. The molecule has 1 rings (SSSR count). The van der Waals surface area contributed by atoms with Gasteiger partial charge in [-0.05, 0) is 6.07 Å². The van der Waals surface area contributed by atoms with Gasteiger partial charge in [-0.1, -0.05) is 23.2 Å². The summed E-state index contributed by atoms with van der Waals surface area (Å²) in [5.74, 6) is -0.862. The Balaban J connectivity index is 3.27. The van der Waals surface area contributed by atoms with Gasteiger partial charge in [0.05, 0.1) is 10.6 Å². The number of pyridine rings is 1. The number of carbonyl (C=O) groups excluding carboxylic acids is 1. The summed E-state index contributed by atoms with van der Waals surface area (Å²) >= 11 is 11.0. The van der Waals surface area contributed by atoms with Crippen molar-refractivity contribution >= 4 is 29.1 Å². The van der Waals surface area contributed by atoms with Crippen LogP contribution >= 0.6 is 23.2 Å². The van der Waals surface area contributed by atoms with E-state index in [-0.39, 0.29) is 15.7 Å². The Bertz CT molecular complexity index is 301. The monoisotopic (exact) mass is 189 g/mol. The van der Waals surface area contributed by atoms with E-state index in [1.807, 2.05) is 0 Å². The summed E-state index contributed by atoms with van der Waals surface area (Å²) in [5, 5.41) is 0.0823. The van der Waals surface area contributed by atoms with Crippen molar-refractivity contribution < 1.29 is 4.79 Å². The normalized spacial score (nSPS) is 9.64. The number of amides is 1. The maximum atomic E-state index is 10.5. The van der Waals surface area contributed by atoms with Crippen LogP contribution in [0.5, 0.6) is 0 Å². The van der Waals surface area contributed by atoms with E-state index in [1.165, 1.54) is 12.3 Å². The number of rotatable bonds is 1. The molecule has 5 heteroatoms. The number of hydrogen-bond acceptors (Lipinski definition) is 2. The van der Waals surface area contributed by atoms with Gasteiger partial charge in [-0.25, -0.2) is 4.98 Å². The second-order valence-corrected chi connectivity index (χ2v) is 2.53. The molecule has 1 amide bonds. The molecule has 1 aromatic rings. The molecule has 11 heavy (non-hydrogen) atoms. The van der Waals surface area contributed by atoms with Crippen LogP contribution in [0.25, 0.3) is 0 Å². The molecule has 0 spiro atoms. The van der Waals surface area contributed by atoms with E-state index in [0.29, 0.717) is 0 Å². The van der Waals surface area contributed by atoms with Crippen LogP contribution in [-0.2, 0) is 0 Å². The molecule has 0 saturated heterocycles. The predicted octanol–water partition coefficient (Wildman–Crippen LogP) is 1.81. The largest absolute Gasteiger partial charge is 0.271 e. The SMILES string of the molecule is [NH]C(=O)c1ccnc(Cl)c1Cl. The van der Waals surface area contributed by atoms with Crippen molar-refractivity contribution in [2.45, 2.75) is 0 Å². The minimum Gasteiger partial charge on any atom is -0.267 e. The minimum atomic E-state index is -0.862. The smallest absolute Gasteiger partial charge is 0.267 e. The third-order valence-electron chi connectivity index (χ3n) is 1.09. The van der Waals surface area contributed by atoms with E-state index in [1.54, 1.807) is 0 Å². The third kappa shape index (κ3) is 1.61. The lowest BCUT2D eigenvalue weighted by atomic mass is 10.2.